The zero-order valence-corrected chi connectivity index (χ0v) is 17.8. The Labute approximate surface area is 171 Å². The van der Waals surface area contributed by atoms with Crippen molar-refractivity contribution in [2.45, 2.75) is 45.6 Å². The van der Waals surface area contributed by atoms with E-state index in [1.807, 2.05) is 0 Å². The molecule has 1 aliphatic carbocycles. The van der Waals surface area contributed by atoms with Gasteiger partial charge in [0.2, 0.25) is 0 Å². The second kappa shape index (κ2) is 9.59. The molecule has 2 saturated heterocycles. The van der Waals surface area contributed by atoms with E-state index in [0.717, 1.165) is 11.8 Å². The van der Waals surface area contributed by atoms with Crippen LogP contribution in [0.25, 0.3) is 5.57 Å². The van der Waals surface area contributed by atoms with Crippen molar-refractivity contribution < 1.29 is 0 Å². The fraction of sp³-hybridized carbons (Fsp3) is 0.636. The number of nitrogens with zero attached hydrogens (tertiary/aromatic N) is 2. The van der Waals surface area contributed by atoms with Crippen LogP contribution in [0.5, 0.6) is 0 Å². The van der Waals surface area contributed by atoms with Gasteiger partial charge in [0.15, 0.2) is 0 Å². The predicted molar refractivity (Wildman–Crippen MR) is 117 cm³/mol. The SMILES string of the molecule is CC(C)N1CC2CC=C(c3ccc(CCN4CCCC4)cc3)C2C1.Cl.Cl. The second-order valence-electron chi connectivity index (χ2n) is 8.31. The zero-order chi connectivity index (χ0) is 16.5. The average Bonchev–Trinajstić information content (AvgIpc) is 3.30. The Bertz CT molecular complexity index is 591. The van der Waals surface area contributed by atoms with Gasteiger partial charge in [0.05, 0.1) is 0 Å². The summed E-state index contributed by atoms with van der Waals surface area (Å²) in [7, 11) is 0. The molecule has 0 radical (unpaired) electrons. The Balaban J connectivity index is 0.00000121. The highest BCUT2D eigenvalue weighted by Gasteiger charge is 2.38. The van der Waals surface area contributed by atoms with Gasteiger partial charge in [-0.05, 0) is 75.2 Å². The van der Waals surface area contributed by atoms with Gasteiger partial charge >= 0.3 is 0 Å². The van der Waals surface area contributed by atoms with Crippen molar-refractivity contribution in [3.63, 3.8) is 0 Å². The lowest BCUT2D eigenvalue weighted by Gasteiger charge is -2.21. The number of allylic oxidation sites excluding steroid dienone is 1. The first-order valence-corrected chi connectivity index (χ1v) is 9.96. The van der Waals surface area contributed by atoms with E-state index in [4.69, 9.17) is 0 Å². The van der Waals surface area contributed by atoms with Crippen LogP contribution in [0.1, 0.15) is 44.2 Å². The van der Waals surface area contributed by atoms with Gasteiger partial charge in [-0.1, -0.05) is 30.3 Å². The lowest BCUT2D eigenvalue weighted by atomic mass is 9.90. The summed E-state index contributed by atoms with van der Waals surface area (Å²) in [6, 6.07) is 10.2. The van der Waals surface area contributed by atoms with Crippen molar-refractivity contribution in [3.8, 4) is 0 Å². The largest absolute Gasteiger partial charge is 0.303 e. The molecule has 4 heteroatoms. The van der Waals surface area contributed by atoms with Crippen molar-refractivity contribution in [3.05, 3.63) is 41.5 Å². The Morgan fingerprint density at radius 1 is 1.00 bits per heavy atom. The minimum absolute atomic E-state index is 0. The molecule has 0 amide bonds. The van der Waals surface area contributed by atoms with Gasteiger partial charge in [-0.25, -0.2) is 0 Å². The first kappa shape index (κ1) is 21.8. The van der Waals surface area contributed by atoms with Crippen molar-refractivity contribution in [1.82, 2.24) is 9.80 Å². The molecule has 2 unspecified atom stereocenters. The predicted octanol–water partition coefficient (Wildman–Crippen LogP) is 4.91. The van der Waals surface area contributed by atoms with Crippen LogP contribution in [0, 0.1) is 11.8 Å². The number of fused-ring (bicyclic) bond motifs is 1. The van der Waals surface area contributed by atoms with Crippen LogP contribution in [-0.2, 0) is 6.42 Å². The third-order valence-corrected chi connectivity index (χ3v) is 6.44. The second-order valence-corrected chi connectivity index (χ2v) is 8.31. The maximum Gasteiger partial charge on any atom is 0.00565 e. The lowest BCUT2D eigenvalue weighted by molar-refractivity contribution is 0.263. The summed E-state index contributed by atoms with van der Waals surface area (Å²) in [5, 5.41) is 0. The first-order valence-electron chi connectivity index (χ1n) is 9.96. The fourth-order valence-electron chi connectivity index (χ4n) is 4.84. The maximum atomic E-state index is 2.66. The molecular weight excluding hydrogens is 363 g/mol. The Morgan fingerprint density at radius 2 is 1.69 bits per heavy atom. The number of benzene rings is 1. The van der Waals surface area contributed by atoms with Gasteiger partial charge in [0.25, 0.3) is 0 Å². The summed E-state index contributed by atoms with van der Waals surface area (Å²) in [4.78, 5) is 5.27. The lowest BCUT2D eigenvalue weighted by Crippen LogP contribution is -2.28. The van der Waals surface area contributed by atoms with Crippen LogP contribution in [-0.4, -0.2) is 48.6 Å². The fourth-order valence-corrected chi connectivity index (χ4v) is 4.84. The molecule has 26 heavy (non-hydrogen) atoms. The van der Waals surface area contributed by atoms with Crippen molar-refractivity contribution in [2.75, 3.05) is 32.7 Å². The smallest absolute Gasteiger partial charge is 0.00565 e. The molecule has 4 rings (SSSR count). The Hall–Kier alpha value is -0.540. The monoisotopic (exact) mass is 396 g/mol. The Morgan fingerprint density at radius 3 is 2.35 bits per heavy atom. The molecule has 2 heterocycles. The van der Waals surface area contributed by atoms with Crippen molar-refractivity contribution in [2.24, 2.45) is 11.8 Å². The third kappa shape index (κ3) is 4.65. The van der Waals surface area contributed by atoms with Gasteiger partial charge in [-0.3, -0.25) is 0 Å². The molecular formula is C22H34Cl2N2. The molecule has 0 N–H and O–H groups in total. The normalized spacial score (nSPS) is 25.7. The molecule has 0 bridgehead atoms. The van der Waals surface area contributed by atoms with Gasteiger partial charge < -0.3 is 9.80 Å². The van der Waals surface area contributed by atoms with E-state index < -0.39 is 0 Å². The van der Waals surface area contributed by atoms with Crippen molar-refractivity contribution in [1.29, 1.82) is 0 Å². The van der Waals surface area contributed by atoms with Crippen molar-refractivity contribution >= 4 is 30.4 Å². The summed E-state index contributed by atoms with van der Waals surface area (Å²) in [6.45, 7) is 11.1. The molecule has 0 aromatic heterocycles. The summed E-state index contributed by atoms with van der Waals surface area (Å²) in [6.07, 6.45) is 7.78. The quantitative estimate of drug-likeness (QED) is 0.697. The van der Waals surface area contributed by atoms with E-state index in [1.165, 1.54) is 69.5 Å². The van der Waals surface area contributed by atoms with E-state index in [1.54, 1.807) is 5.57 Å². The highest BCUT2D eigenvalue weighted by molar-refractivity contribution is 5.85. The summed E-state index contributed by atoms with van der Waals surface area (Å²) in [5.74, 6) is 1.63. The number of hydrogen-bond acceptors (Lipinski definition) is 2. The van der Waals surface area contributed by atoms with Gasteiger partial charge in [0.1, 0.15) is 0 Å². The van der Waals surface area contributed by atoms with Gasteiger partial charge in [-0.15, -0.1) is 24.8 Å². The molecule has 146 valence electrons. The van der Waals surface area contributed by atoms with Crippen LogP contribution in [0.3, 0.4) is 0 Å². The molecule has 1 aromatic rings. The zero-order valence-electron chi connectivity index (χ0n) is 16.2. The molecule has 2 nitrogen and oxygen atoms in total. The molecule has 1 aromatic carbocycles. The van der Waals surface area contributed by atoms with Gasteiger partial charge in [-0.2, -0.15) is 0 Å². The van der Waals surface area contributed by atoms with Crippen LogP contribution < -0.4 is 0 Å². The van der Waals surface area contributed by atoms with E-state index in [-0.39, 0.29) is 24.8 Å². The van der Waals surface area contributed by atoms with E-state index in [2.05, 4.69) is 54.0 Å². The van der Waals surface area contributed by atoms with E-state index >= 15 is 0 Å². The highest BCUT2D eigenvalue weighted by atomic mass is 35.5. The minimum Gasteiger partial charge on any atom is -0.303 e. The molecule has 3 aliphatic rings. The number of hydrogen-bond donors (Lipinski definition) is 0. The summed E-state index contributed by atoms with van der Waals surface area (Å²) in [5.41, 5.74) is 4.59. The summed E-state index contributed by atoms with van der Waals surface area (Å²) < 4.78 is 0. The topological polar surface area (TPSA) is 6.48 Å². The van der Waals surface area contributed by atoms with Crippen LogP contribution >= 0.6 is 24.8 Å². The van der Waals surface area contributed by atoms with Crippen LogP contribution in [0.15, 0.2) is 30.3 Å². The first-order chi connectivity index (χ1) is 11.7. The van der Waals surface area contributed by atoms with E-state index in [0.29, 0.717) is 6.04 Å². The van der Waals surface area contributed by atoms with Gasteiger partial charge in [0, 0.05) is 31.6 Å². The maximum absolute atomic E-state index is 2.66. The molecule has 2 aliphatic heterocycles. The minimum atomic E-state index is 0. The molecule has 0 spiro atoms. The van der Waals surface area contributed by atoms with E-state index in [9.17, 15) is 0 Å². The average molecular weight is 397 g/mol. The molecule has 2 fully saturated rings. The molecule has 0 saturated carbocycles. The highest BCUT2D eigenvalue weighted by Crippen LogP contribution is 2.43. The number of rotatable bonds is 5. The Kier molecular flexibility index (Phi) is 8.03. The third-order valence-electron chi connectivity index (χ3n) is 6.44. The number of halogens is 2. The molecule has 2 atom stereocenters. The van der Waals surface area contributed by atoms with Crippen LogP contribution in [0.2, 0.25) is 0 Å². The standard InChI is InChI=1S/C22H32N2.2ClH/c1-17(2)24-15-20-9-10-21(22(20)16-24)19-7-5-18(6-8-19)11-14-23-12-3-4-13-23;;/h5-8,10,17,20,22H,3-4,9,11-16H2,1-2H3;2*1H. The summed E-state index contributed by atoms with van der Waals surface area (Å²) >= 11 is 0. The number of likely N-dealkylation sites (tertiary alicyclic amines) is 2. The van der Waals surface area contributed by atoms with Crippen LogP contribution in [0.4, 0.5) is 0 Å².